The van der Waals surface area contributed by atoms with E-state index in [-0.39, 0.29) is 23.4 Å². The summed E-state index contributed by atoms with van der Waals surface area (Å²) in [5.74, 6) is -0.889. The lowest BCUT2D eigenvalue weighted by Crippen LogP contribution is -2.16. The number of aryl methyl sites for hydroxylation is 6. The van der Waals surface area contributed by atoms with Gasteiger partial charge in [0.25, 0.3) is 0 Å². The number of benzene rings is 2. The highest BCUT2D eigenvalue weighted by Crippen LogP contribution is 2.33. The van der Waals surface area contributed by atoms with Crippen LogP contribution in [-0.4, -0.2) is 65.1 Å². The van der Waals surface area contributed by atoms with Crippen LogP contribution in [0.2, 0.25) is 0 Å². The Bertz CT molecular complexity index is 2410. The molecule has 0 spiro atoms. The highest BCUT2D eigenvalue weighted by molar-refractivity contribution is 14.1. The van der Waals surface area contributed by atoms with Crippen molar-refractivity contribution in [2.24, 2.45) is 14.1 Å². The molecule has 1 aliphatic rings. The summed E-state index contributed by atoms with van der Waals surface area (Å²) in [4.78, 5) is 20.9. The fourth-order valence-corrected chi connectivity index (χ4v) is 8.62. The van der Waals surface area contributed by atoms with Crippen LogP contribution in [0.1, 0.15) is 84.4 Å². The lowest BCUT2D eigenvalue weighted by atomic mass is 10.1. The van der Waals surface area contributed by atoms with Crippen molar-refractivity contribution in [3.8, 4) is 11.4 Å². The number of halogens is 6. The van der Waals surface area contributed by atoms with Crippen molar-refractivity contribution in [3.05, 3.63) is 123 Å². The van der Waals surface area contributed by atoms with Crippen LogP contribution in [0.15, 0.2) is 59.1 Å². The maximum absolute atomic E-state index is 13.4. The van der Waals surface area contributed by atoms with E-state index in [0.29, 0.717) is 39.2 Å². The van der Waals surface area contributed by atoms with Gasteiger partial charge in [0.1, 0.15) is 23.8 Å². The van der Waals surface area contributed by atoms with E-state index in [4.69, 9.17) is 0 Å². The predicted molar refractivity (Wildman–Crippen MR) is 233 cm³/mol. The van der Waals surface area contributed by atoms with Crippen LogP contribution in [-0.2, 0) is 36.5 Å². The number of aliphatic hydroxyl groups is 2. The minimum atomic E-state index is -0.922. The number of hydrogen-bond acceptors (Lipinski definition) is 8. The molecular weight excluding hydrogens is 1100 g/mol. The third kappa shape index (κ3) is 10.1. The number of carbonyl (C=O) groups excluding carboxylic acids is 2. The number of nitrogens with zero attached hydrogens (tertiary/aromatic N) is 9. The fourth-order valence-electron chi connectivity index (χ4n) is 6.03. The van der Waals surface area contributed by atoms with Crippen LogP contribution in [0.3, 0.4) is 0 Å². The van der Waals surface area contributed by atoms with Gasteiger partial charge in [-0.25, -0.2) is 22.1 Å². The zero-order chi connectivity index (χ0) is 41.9. The normalized spacial score (nSPS) is 13.7. The smallest absolute Gasteiger partial charge is 0.239 e. The first-order valence-corrected chi connectivity index (χ1v) is 21.3. The van der Waals surface area contributed by atoms with Gasteiger partial charge in [0.15, 0.2) is 0 Å². The lowest BCUT2D eigenvalue weighted by molar-refractivity contribution is -0.131. The predicted octanol–water partition coefficient (Wildman–Crippen LogP) is 7.81. The summed E-state index contributed by atoms with van der Waals surface area (Å²) in [6, 6.07) is 14.6. The molecule has 4 aromatic heterocycles. The van der Waals surface area contributed by atoms with Crippen LogP contribution >= 0.6 is 77.3 Å². The Hall–Kier alpha value is -3.38. The number of hydrogen-bond donors (Lipinski definition) is 2. The summed E-state index contributed by atoms with van der Waals surface area (Å²) in [5, 5.41) is 39.7. The summed E-state index contributed by atoms with van der Waals surface area (Å²) in [7, 11) is 3.62. The maximum Gasteiger partial charge on any atom is 0.239 e. The van der Waals surface area contributed by atoms with Crippen LogP contribution in [0, 0.1) is 32.6 Å². The SMILES string of the molecule is CCc1cc(C(O)c2cc(C)nn2-c2ccc(F)cc2I)n(C)n1.CCc1nn(C)c(C(O)c2cc(C)nn2-c2ccc(F)cc2I)c1Br.O=C1CCC(=O)N1Br. The third-order valence-corrected chi connectivity index (χ3v) is 12.2. The van der Waals surface area contributed by atoms with Crippen molar-refractivity contribution in [3.63, 3.8) is 0 Å². The maximum atomic E-state index is 13.4. The molecule has 6 aromatic rings. The number of amides is 2. The standard InChI is InChI=1S/C17H17BrFIN4O.C17H18FIN4O.C4H4BrNO2/c1-4-12-15(18)16(23(3)22-12)17(25)14-7-9(2)21-24(14)13-6-5-10(19)8-11(13)20;1-4-12-9-15(22(3)21-12)17(24)16-7-10(2)20-23(16)14-6-5-11(18)8-13(14)19;5-6-3(7)1-2-4(6)8/h5-8,17,25H,4H2,1-3H3;5-9,17,24H,4H2,1-3H3;1-2H2. The Balaban J connectivity index is 0.000000182. The monoisotopic (exact) mass is 1130 g/mol. The number of carbonyl (C=O) groups is 2. The molecule has 1 fully saturated rings. The molecule has 19 heteroatoms. The topological polar surface area (TPSA) is 149 Å². The Kier molecular flexibility index (Phi) is 15.0. The van der Waals surface area contributed by atoms with Gasteiger partial charge in [0.2, 0.25) is 11.8 Å². The number of rotatable bonds is 8. The van der Waals surface area contributed by atoms with Gasteiger partial charge >= 0.3 is 0 Å². The zero-order valence-corrected chi connectivity index (χ0v) is 39.2. The molecular formula is C38H39Br2F2I2N9O4. The molecule has 57 heavy (non-hydrogen) atoms. The third-order valence-electron chi connectivity index (χ3n) is 8.85. The van der Waals surface area contributed by atoms with Gasteiger partial charge in [-0.05, 0) is 142 Å². The van der Waals surface area contributed by atoms with Gasteiger partial charge in [-0.3, -0.25) is 19.0 Å². The van der Waals surface area contributed by atoms with Crippen LogP contribution in [0.25, 0.3) is 11.4 Å². The molecule has 0 bridgehead atoms. The van der Waals surface area contributed by atoms with Crippen LogP contribution in [0.5, 0.6) is 0 Å². The Morgan fingerprint density at radius 2 is 1.21 bits per heavy atom. The molecule has 5 heterocycles. The second-order valence-corrected chi connectivity index (χ2v) is 16.8. The van der Waals surface area contributed by atoms with Crippen LogP contribution in [0.4, 0.5) is 8.78 Å². The fraction of sp³-hybridized carbons (Fsp3) is 0.316. The zero-order valence-electron chi connectivity index (χ0n) is 31.7. The second kappa shape index (κ2) is 19.1. The van der Waals surface area contributed by atoms with E-state index < -0.39 is 12.2 Å². The quantitative estimate of drug-likeness (QED) is 0.0892. The second-order valence-electron chi connectivity index (χ2n) is 13.0. The van der Waals surface area contributed by atoms with E-state index in [9.17, 15) is 28.6 Å². The van der Waals surface area contributed by atoms with Gasteiger partial charge < -0.3 is 10.2 Å². The number of aromatic nitrogens is 8. The van der Waals surface area contributed by atoms with Crippen molar-refractivity contribution >= 4 is 89.1 Å². The summed E-state index contributed by atoms with van der Waals surface area (Å²) in [5.41, 5.74) is 7.40. The number of imide groups is 1. The Morgan fingerprint density at radius 1 is 0.719 bits per heavy atom. The molecule has 0 aliphatic carbocycles. The first kappa shape index (κ1) is 44.7. The summed E-state index contributed by atoms with van der Waals surface area (Å²) >= 11 is 10.5. The largest absolute Gasteiger partial charge is 0.380 e. The molecule has 1 aliphatic heterocycles. The van der Waals surface area contributed by atoms with E-state index in [1.165, 1.54) is 24.3 Å². The molecule has 2 amide bonds. The highest BCUT2D eigenvalue weighted by Gasteiger charge is 2.27. The van der Waals surface area contributed by atoms with Crippen molar-refractivity contribution < 1.29 is 28.6 Å². The molecule has 2 atom stereocenters. The minimum Gasteiger partial charge on any atom is -0.380 e. The Morgan fingerprint density at radius 3 is 1.60 bits per heavy atom. The van der Waals surface area contributed by atoms with E-state index >= 15 is 0 Å². The molecule has 2 aromatic carbocycles. The van der Waals surface area contributed by atoms with Crippen molar-refractivity contribution in [1.29, 1.82) is 0 Å². The average Bonchev–Trinajstić information content (AvgIpc) is 3.97. The van der Waals surface area contributed by atoms with Gasteiger partial charge in [0.05, 0.1) is 77.5 Å². The van der Waals surface area contributed by atoms with Crippen molar-refractivity contribution in [2.45, 2.75) is 65.6 Å². The van der Waals surface area contributed by atoms with E-state index in [2.05, 4.69) is 97.7 Å². The van der Waals surface area contributed by atoms with E-state index in [0.717, 1.165) is 59.0 Å². The van der Waals surface area contributed by atoms with E-state index in [1.54, 1.807) is 37.9 Å². The summed E-state index contributed by atoms with van der Waals surface area (Å²) < 4.78 is 36.7. The molecule has 2 unspecified atom stereocenters. The van der Waals surface area contributed by atoms with Gasteiger partial charge in [-0.1, -0.05) is 13.8 Å². The molecule has 7 rings (SSSR count). The Labute approximate surface area is 372 Å². The molecule has 2 N–H and O–H groups in total. The molecule has 0 radical (unpaired) electrons. The average molecular weight is 1140 g/mol. The summed E-state index contributed by atoms with van der Waals surface area (Å²) in [6.45, 7) is 7.76. The molecule has 1 saturated heterocycles. The highest BCUT2D eigenvalue weighted by atomic mass is 127. The van der Waals surface area contributed by atoms with Gasteiger partial charge in [0, 0.05) is 34.1 Å². The molecule has 0 saturated carbocycles. The summed E-state index contributed by atoms with van der Waals surface area (Å²) in [6.07, 6.45) is 0.470. The lowest BCUT2D eigenvalue weighted by Gasteiger charge is -2.15. The first-order chi connectivity index (χ1) is 26.9. The van der Waals surface area contributed by atoms with Crippen LogP contribution < -0.4 is 0 Å². The molecule has 13 nitrogen and oxygen atoms in total. The van der Waals surface area contributed by atoms with Gasteiger partial charge in [-0.2, -0.15) is 20.4 Å². The van der Waals surface area contributed by atoms with Crippen molar-refractivity contribution in [1.82, 2.24) is 43.0 Å². The molecule has 302 valence electrons. The minimum absolute atomic E-state index is 0.144. The first-order valence-electron chi connectivity index (χ1n) is 17.6. The number of aliphatic hydroxyl groups excluding tert-OH is 2. The van der Waals surface area contributed by atoms with E-state index in [1.807, 2.05) is 52.9 Å². The van der Waals surface area contributed by atoms with Gasteiger partial charge in [-0.15, -0.1) is 0 Å². The van der Waals surface area contributed by atoms with Crippen molar-refractivity contribution in [2.75, 3.05) is 0 Å².